The van der Waals surface area contributed by atoms with Crippen molar-refractivity contribution in [1.29, 1.82) is 0 Å². The van der Waals surface area contributed by atoms with E-state index < -0.39 is 0 Å². The highest BCUT2D eigenvalue weighted by atomic mass is 16.5. The van der Waals surface area contributed by atoms with Gasteiger partial charge >= 0.3 is 0 Å². The first-order valence-electron chi connectivity index (χ1n) is 7.22. The number of anilines is 1. The number of nitrogen functional groups attached to an aromatic ring is 1. The number of nitrogens with two attached hydrogens (primary N) is 1. The van der Waals surface area contributed by atoms with E-state index in [1.165, 1.54) is 0 Å². The van der Waals surface area contributed by atoms with Crippen LogP contribution >= 0.6 is 0 Å². The molecule has 1 aromatic rings. The molecule has 0 radical (unpaired) electrons. The fraction of sp³-hybridized carbons (Fsp3) is 0.643. The van der Waals surface area contributed by atoms with E-state index in [1.807, 2.05) is 18.7 Å². The third-order valence-corrected chi connectivity index (χ3v) is 3.47. The van der Waals surface area contributed by atoms with Gasteiger partial charge in [0.05, 0.1) is 18.5 Å². The van der Waals surface area contributed by atoms with Crippen molar-refractivity contribution in [2.24, 2.45) is 5.84 Å². The highest BCUT2D eigenvalue weighted by Crippen LogP contribution is 2.29. The third-order valence-electron chi connectivity index (χ3n) is 3.47. The molecule has 0 spiro atoms. The number of hydrazine groups is 1. The van der Waals surface area contributed by atoms with Gasteiger partial charge in [-0.15, -0.1) is 0 Å². The van der Waals surface area contributed by atoms with Gasteiger partial charge in [0, 0.05) is 25.6 Å². The van der Waals surface area contributed by atoms with Gasteiger partial charge in [-0.05, 0) is 12.8 Å². The molecule has 1 aliphatic rings. The maximum Gasteiger partial charge on any atom is 0.275 e. The summed E-state index contributed by atoms with van der Waals surface area (Å²) in [6.45, 7) is 5.05. The minimum Gasteiger partial charge on any atom is -0.383 e. The van der Waals surface area contributed by atoms with E-state index in [9.17, 15) is 4.79 Å². The second-order valence-corrected chi connectivity index (χ2v) is 5.51. The molecule has 1 heterocycles. The summed E-state index contributed by atoms with van der Waals surface area (Å²) in [6, 6.07) is 0.288. The molecule has 0 atom stereocenters. The molecule has 0 aliphatic heterocycles. The first kappa shape index (κ1) is 15.7. The summed E-state index contributed by atoms with van der Waals surface area (Å²) < 4.78 is 5.09. The average Bonchev–Trinajstić information content (AvgIpc) is 3.31. The van der Waals surface area contributed by atoms with E-state index in [0.29, 0.717) is 30.4 Å². The maximum absolute atomic E-state index is 12.8. The fourth-order valence-electron chi connectivity index (χ4n) is 2.10. The van der Waals surface area contributed by atoms with Crippen molar-refractivity contribution >= 4 is 11.6 Å². The van der Waals surface area contributed by atoms with E-state index in [1.54, 1.807) is 13.3 Å². The van der Waals surface area contributed by atoms with Crippen LogP contribution in [0.15, 0.2) is 6.20 Å². The number of nitrogens with zero attached hydrogens (tertiary/aromatic N) is 3. The molecule has 7 nitrogen and oxygen atoms in total. The molecule has 2 rings (SSSR count). The quantitative estimate of drug-likeness (QED) is 0.578. The molecule has 1 aliphatic carbocycles. The number of hydrogen-bond donors (Lipinski definition) is 2. The van der Waals surface area contributed by atoms with Crippen LogP contribution in [0.25, 0.3) is 0 Å². The minimum absolute atomic E-state index is 0.119. The highest BCUT2D eigenvalue weighted by Gasteiger charge is 2.34. The van der Waals surface area contributed by atoms with Crippen LogP contribution in [0.4, 0.5) is 5.69 Å². The van der Waals surface area contributed by atoms with E-state index in [2.05, 4.69) is 15.4 Å². The Labute approximate surface area is 124 Å². The summed E-state index contributed by atoms with van der Waals surface area (Å²) in [5.74, 6) is 6.15. The summed E-state index contributed by atoms with van der Waals surface area (Å²) in [4.78, 5) is 23.2. The van der Waals surface area contributed by atoms with Crippen LogP contribution < -0.4 is 11.3 Å². The van der Waals surface area contributed by atoms with Gasteiger partial charge in [0.15, 0.2) is 5.69 Å². The molecule has 1 fully saturated rings. The summed E-state index contributed by atoms with van der Waals surface area (Å²) >= 11 is 0. The van der Waals surface area contributed by atoms with Crippen LogP contribution in [0.3, 0.4) is 0 Å². The Morgan fingerprint density at radius 1 is 1.57 bits per heavy atom. The number of carbonyl (C=O) groups is 1. The molecule has 7 heteroatoms. The molecule has 116 valence electrons. The highest BCUT2D eigenvalue weighted by molar-refractivity contribution is 5.97. The largest absolute Gasteiger partial charge is 0.383 e. The van der Waals surface area contributed by atoms with Crippen LogP contribution in [0.2, 0.25) is 0 Å². The van der Waals surface area contributed by atoms with Gasteiger partial charge in [0.2, 0.25) is 0 Å². The van der Waals surface area contributed by atoms with Crippen LogP contribution in [0, 0.1) is 0 Å². The van der Waals surface area contributed by atoms with Gasteiger partial charge in [-0.2, -0.15) is 0 Å². The molecule has 0 bridgehead atoms. The minimum atomic E-state index is -0.119. The number of nitrogens with one attached hydrogen (secondary N) is 1. The van der Waals surface area contributed by atoms with Gasteiger partial charge < -0.3 is 15.1 Å². The number of methoxy groups -OCH3 is 1. The Hall–Kier alpha value is -1.73. The van der Waals surface area contributed by atoms with Gasteiger partial charge in [-0.1, -0.05) is 13.8 Å². The zero-order chi connectivity index (χ0) is 15.4. The fourth-order valence-corrected chi connectivity index (χ4v) is 2.10. The molecular formula is C14H23N5O2. The second-order valence-electron chi connectivity index (χ2n) is 5.51. The predicted molar refractivity (Wildman–Crippen MR) is 79.9 cm³/mol. The van der Waals surface area contributed by atoms with Crippen molar-refractivity contribution in [2.45, 2.75) is 38.6 Å². The number of rotatable bonds is 7. The maximum atomic E-state index is 12.8. The molecule has 21 heavy (non-hydrogen) atoms. The molecule has 3 N–H and O–H groups in total. The lowest BCUT2D eigenvalue weighted by Crippen LogP contribution is -2.37. The van der Waals surface area contributed by atoms with E-state index >= 15 is 0 Å². The number of ether oxygens (including phenoxy) is 1. The molecular weight excluding hydrogens is 270 g/mol. The normalized spacial score (nSPS) is 14.3. The zero-order valence-electron chi connectivity index (χ0n) is 12.8. The van der Waals surface area contributed by atoms with Gasteiger partial charge in [0.25, 0.3) is 5.91 Å². The first-order chi connectivity index (χ1) is 10.1. The number of hydrogen-bond acceptors (Lipinski definition) is 6. The van der Waals surface area contributed by atoms with Gasteiger partial charge in [0.1, 0.15) is 5.82 Å². The van der Waals surface area contributed by atoms with Crippen LogP contribution in [-0.2, 0) is 4.74 Å². The number of aromatic nitrogens is 2. The summed E-state index contributed by atoms with van der Waals surface area (Å²) in [5, 5.41) is 0. The third kappa shape index (κ3) is 3.68. The standard InChI is InChI=1S/C14H23N5O2/c1-9(2)13-16-8-11(18-15)12(17-13)14(20)19(6-7-21-3)10-4-5-10/h8-10,18H,4-7,15H2,1-3H3. The van der Waals surface area contributed by atoms with Crippen molar-refractivity contribution < 1.29 is 9.53 Å². The molecule has 0 unspecified atom stereocenters. The lowest BCUT2D eigenvalue weighted by Gasteiger charge is -2.23. The van der Waals surface area contributed by atoms with Gasteiger partial charge in [-0.3, -0.25) is 10.6 Å². The van der Waals surface area contributed by atoms with Crippen molar-refractivity contribution in [3.8, 4) is 0 Å². The lowest BCUT2D eigenvalue weighted by atomic mass is 10.2. The van der Waals surface area contributed by atoms with Crippen LogP contribution in [0.5, 0.6) is 0 Å². The molecule has 1 aromatic heterocycles. The van der Waals surface area contributed by atoms with E-state index in [-0.39, 0.29) is 17.9 Å². The predicted octanol–water partition coefficient (Wildman–Crippen LogP) is 1.14. The van der Waals surface area contributed by atoms with Crippen LogP contribution in [-0.4, -0.2) is 47.1 Å². The van der Waals surface area contributed by atoms with Crippen molar-refractivity contribution in [2.75, 3.05) is 25.7 Å². The Kier molecular flexibility index (Phi) is 5.08. The summed E-state index contributed by atoms with van der Waals surface area (Å²) in [6.07, 6.45) is 3.63. The van der Waals surface area contributed by atoms with E-state index in [0.717, 1.165) is 12.8 Å². The molecule has 0 saturated heterocycles. The Balaban J connectivity index is 2.28. The Morgan fingerprint density at radius 3 is 2.81 bits per heavy atom. The second kappa shape index (κ2) is 6.82. The topological polar surface area (TPSA) is 93.4 Å². The smallest absolute Gasteiger partial charge is 0.275 e. The summed E-state index contributed by atoms with van der Waals surface area (Å²) in [5.41, 5.74) is 3.29. The molecule has 1 amide bonds. The first-order valence-corrected chi connectivity index (χ1v) is 7.22. The monoisotopic (exact) mass is 293 g/mol. The van der Waals surface area contributed by atoms with Crippen molar-refractivity contribution in [3.63, 3.8) is 0 Å². The lowest BCUT2D eigenvalue weighted by molar-refractivity contribution is 0.0675. The Morgan fingerprint density at radius 2 is 2.29 bits per heavy atom. The number of carbonyl (C=O) groups excluding carboxylic acids is 1. The summed E-state index contributed by atoms with van der Waals surface area (Å²) in [7, 11) is 1.63. The number of amides is 1. The zero-order valence-corrected chi connectivity index (χ0v) is 12.8. The van der Waals surface area contributed by atoms with Crippen molar-refractivity contribution in [3.05, 3.63) is 17.7 Å². The molecule has 1 saturated carbocycles. The van der Waals surface area contributed by atoms with Crippen molar-refractivity contribution in [1.82, 2.24) is 14.9 Å². The molecule has 0 aromatic carbocycles. The SMILES string of the molecule is COCCN(C(=O)c1nc(C(C)C)ncc1NN)C1CC1. The van der Waals surface area contributed by atoms with Crippen LogP contribution in [0.1, 0.15) is 48.9 Å². The average molecular weight is 293 g/mol. The van der Waals surface area contributed by atoms with E-state index in [4.69, 9.17) is 10.6 Å². The Bertz CT molecular complexity index is 502. The van der Waals surface area contributed by atoms with Gasteiger partial charge in [-0.25, -0.2) is 9.97 Å².